The second-order valence-electron chi connectivity index (χ2n) is 4.70. The highest BCUT2D eigenvalue weighted by Crippen LogP contribution is 2.34. The van der Waals surface area contributed by atoms with Crippen molar-refractivity contribution in [3.05, 3.63) is 19.2 Å². The summed E-state index contributed by atoms with van der Waals surface area (Å²) >= 11 is 8.24. The maximum absolute atomic E-state index is 12.7. The smallest absolute Gasteiger partial charge is 0.256 e. The number of carbonyl (C=O) groups is 1. The molecule has 0 unspecified atom stereocenters. The average molecular weight is 425 g/mol. The van der Waals surface area contributed by atoms with Crippen molar-refractivity contribution in [2.24, 2.45) is 10.9 Å². The predicted molar refractivity (Wildman–Crippen MR) is 86.4 cm³/mol. The normalized spacial score (nSPS) is 16.6. The molecule has 0 radical (unpaired) electrons. The number of nitrogens with two attached hydrogens (primary N) is 1. The van der Waals surface area contributed by atoms with Gasteiger partial charge in [0, 0.05) is 6.04 Å². The summed E-state index contributed by atoms with van der Waals surface area (Å²) in [6.45, 7) is 0.153. The van der Waals surface area contributed by atoms with Crippen molar-refractivity contribution in [1.82, 2.24) is 4.90 Å². The van der Waals surface area contributed by atoms with E-state index in [1.54, 1.807) is 11.0 Å². The first-order valence-electron chi connectivity index (χ1n) is 6.25. The van der Waals surface area contributed by atoms with Crippen molar-refractivity contribution in [1.29, 1.82) is 0 Å². The summed E-state index contributed by atoms with van der Waals surface area (Å²) in [6.07, 6.45) is 4.15. The number of hydrogen-bond acceptors (Lipinski definition) is 4. The zero-order valence-electron chi connectivity index (χ0n) is 10.7. The average Bonchev–Trinajstić information content (AvgIpc) is 3.04. The van der Waals surface area contributed by atoms with Crippen molar-refractivity contribution >= 4 is 54.9 Å². The van der Waals surface area contributed by atoms with E-state index in [-0.39, 0.29) is 24.3 Å². The molecule has 1 aliphatic rings. The Balaban J connectivity index is 2.25. The lowest BCUT2D eigenvalue weighted by molar-refractivity contribution is 0.0712. The van der Waals surface area contributed by atoms with E-state index in [1.807, 2.05) is 0 Å². The van der Waals surface area contributed by atoms with Crippen molar-refractivity contribution in [3.63, 3.8) is 0 Å². The lowest BCUT2D eigenvalue weighted by Crippen LogP contribution is -2.44. The van der Waals surface area contributed by atoms with Crippen LogP contribution in [0.5, 0.6) is 0 Å². The Kier molecular flexibility index (Phi) is 5.45. The monoisotopic (exact) mass is 423 g/mol. The molecule has 5 nitrogen and oxygen atoms in total. The number of hydrogen-bond donors (Lipinski definition) is 2. The van der Waals surface area contributed by atoms with Crippen LogP contribution in [0.1, 0.15) is 36.0 Å². The van der Waals surface area contributed by atoms with E-state index in [2.05, 4.69) is 37.0 Å². The van der Waals surface area contributed by atoms with E-state index < -0.39 is 0 Å². The summed E-state index contributed by atoms with van der Waals surface area (Å²) in [5.74, 6) is -0.0343. The topological polar surface area (TPSA) is 78.9 Å². The minimum Gasteiger partial charge on any atom is -0.409 e. The molecule has 0 atom stereocenters. The minimum atomic E-state index is -0.0858. The van der Waals surface area contributed by atoms with Gasteiger partial charge in [0.15, 0.2) is 5.84 Å². The van der Waals surface area contributed by atoms with Gasteiger partial charge in [-0.2, -0.15) is 0 Å². The zero-order valence-corrected chi connectivity index (χ0v) is 14.7. The molecule has 1 fully saturated rings. The van der Waals surface area contributed by atoms with Crippen molar-refractivity contribution in [2.75, 3.05) is 6.54 Å². The number of nitrogens with zero attached hydrogens (tertiary/aromatic N) is 2. The maximum Gasteiger partial charge on any atom is 0.256 e. The molecule has 1 aromatic heterocycles. The van der Waals surface area contributed by atoms with Crippen LogP contribution < -0.4 is 5.73 Å². The van der Waals surface area contributed by atoms with Gasteiger partial charge in [-0.05, 0) is 50.8 Å². The Morgan fingerprint density at radius 3 is 2.65 bits per heavy atom. The quantitative estimate of drug-likeness (QED) is 0.336. The third kappa shape index (κ3) is 3.53. The highest BCUT2D eigenvalue weighted by atomic mass is 79.9. The lowest BCUT2D eigenvalue weighted by Gasteiger charge is -2.28. The number of oxime groups is 1. The Labute approximate surface area is 138 Å². The summed E-state index contributed by atoms with van der Waals surface area (Å²) in [7, 11) is 0. The minimum absolute atomic E-state index is 0.0515. The molecule has 1 aliphatic carbocycles. The fourth-order valence-corrected chi connectivity index (χ4v) is 5.21. The molecule has 0 bridgehead atoms. The van der Waals surface area contributed by atoms with E-state index >= 15 is 0 Å². The standard InChI is InChI=1S/C12H15Br2N3O2S/c13-9-5-8(11(14)20-9)12(18)17(6-10(15)16-19)7-3-1-2-4-7/h5,7,19H,1-4,6H2,(H2,15,16). The Morgan fingerprint density at radius 2 is 2.15 bits per heavy atom. The summed E-state index contributed by atoms with van der Waals surface area (Å²) in [4.78, 5) is 14.4. The molecular formula is C12H15Br2N3O2S. The number of halogens is 2. The third-order valence-corrected chi connectivity index (χ3v) is 5.71. The van der Waals surface area contributed by atoms with Gasteiger partial charge in [0.25, 0.3) is 5.91 Å². The van der Waals surface area contributed by atoms with Crippen molar-refractivity contribution in [2.45, 2.75) is 31.7 Å². The Morgan fingerprint density at radius 1 is 1.50 bits per heavy atom. The van der Waals surface area contributed by atoms with Gasteiger partial charge in [-0.1, -0.05) is 18.0 Å². The van der Waals surface area contributed by atoms with Crippen LogP contribution in [-0.2, 0) is 0 Å². The number of amidine groups is 1. The van der Waals surface area contributed by atoms with Crippen LogP contribution in [0.2, 0.25) is 0 Å². The van der Waals surface area contributed by atoms with Crippen LogP contribution in [0.4, 0.5) is 0 Å². The van der Waals surface area contributed by atoms with E-state index in [9.17, 15) is 4.79 Å². The van der Waals surface area contributed by atoms with E-state index in [0.29, 0.717) is 5.56 Å². The first-order valence-corrected chi connectivity index (χ1v) is 8.65. The Hall–Kier alpha value is -0.600. The highest BCUT2D eigenvalue weighted by molar-refractivity contribution is 9.12. The molecule has 110 valence electrons. The van der Waals surface area contributed by atoms with Crippen LogP contribution in [0.3, 0.4) is 0 Å². The van der Waals surface area contributed by atoms with Crippen LogP contribution in [0.15, 0.2) is 18.8 Å². The summed E-state index contributed by atoms with van der Waals surface area (Å²) < 4.78 is 1.68. The summed E-state index contributed by atoms with van der Waals surface area (Å²) in [5.41, 5.74) is 6.20. The molecule has 0 saturated heterocycles. The van der Waals surface area contributed by atoms with Crippen LogP contribution >= 0.6 is 43.2 Å². The molecule has 2 rings (SSSR count). The van der Waals surface area contributed by atoms with Gasteiger partial charge in [-0.15, -0.1) is 11.3 Å². The fourth-order valence-electron chi connectivity index (χ4n) is 2.43. The number of carbonyl (C=O) groups excluding carboxylic acids is 1. The SMILES string of the molecule is N/C(CN(C(=O)c1cc(Br)sc1Br)C1CCCC1)=N/O. The fraction of sp³-hybridized carbons (Fsp3) is 0.500. The van der Waals surface area contributed by atoms with E-state index in [0.717, 1.165) is 33.3 Å². The van der Waals surface area contributed by atoms with Gasteiger partial charge in [-0.3, -0.25) is 4.79 Å². The number of rotatable bonds is 4. The van der Waals surface area contributed by atoms with Gasteiger partial charge >= 0.3 is 0 Å². The second kappa shape index (κ2) is 6.91. The Bertz CT molecular complexity index is 527. The number of amides is 1. The molecular weight excluding hydrogens is 410 g/mol. The predicted octanol–water partition coefficient (Wildman–Crippen LogP) is 3.40. The summed E-state index contributed by atoms with van der Waals surface area (Å²) in [6, 6.07) is 1.96. The van der Waals surface area contributed by atoms with Crippen molar-refractivity contribution < 1.29 is 10.0 Å². The molecule has 1 amide bonds. The van der Waals surface area contributed by atoms with E-state index in [1.165, 1.54) is 11.3 Å². The van der Waals surface area contributed by atoms with Gasteiger partial charge in [-0.25, -0.2) is 0 Å². The maximum atomic E-state index is 12.7. The van der Waals surface area contributed by atoms with Gasteiger partial charge in [0.2, 0.25) is 0 Å². The third-order valence-electron chi connectivity index (χ3n) is 3.37. The first-order chi connectivity index (χ1) is 9.52. The molecule has 0 spiro atoms. The van der Waals surface area contributed by atoms with E-state index in [4.69, 9.17) is 10.9 Å². The second-order valence-corrected chi connectivity index (χ2v) is 8.45. The zero-order chi connectivity index (χ0) is 14.7. The van der Waals surface area contributed by atoms with Gasteiger partial charge in [0.1, 0.15) is 0 Å². The molecule has 0 aromatic carbocycles. The van der Waals surface area contributed by atoms with Crippen LogP contribution in [0, 0.1) is 0 Å². The molecule has 1 saturated carbocycles. The summed E-state index contributed by atoms with van der Waals surface area (Å²) in [5, 5.41) is 11.7. The van der Waals surface area contributed by atoms with Crippen LogP contribution in [0.25, 0.3) is 0 Å². The largest absolute Gasteiger partial charge is 0.409 e. The first kappa shape index (κ1) is 15.8. The van der Waals surface area contributed by atoms with Gasteiger partial charge < -0.3 is 15.8 Å². The molecule has 20 heavy (non-hydrogen) atoms. The molecule has 8 heteroatoms. The molecule has 0 aliphatic heterocycles. The molecule has 1 heterocycles. The highest BCUT2D eigenvalue weighted by Gasteiger charge is 2.29. The van der Waals surface area contributed by atoms with Crippen molar-refractivity contribution in [3.8, 4) is 0 Å². The van der Waals surface area contributed by atoms with Crippen LogP contribution in [-0.4, -0.2) is 34.4 Å². The number of thiophene rings is 1. The van der Waals surface area contributed by atoms with Gasteiger partial charge in [0.05, 0.1) is 19.7 Å². The molecule has 1 aromatic rings. The molecule has 3 N–H and O–H groups in total. The lowest BCUT2D eigenvalue weighted by atomic mass is 10.1.